The molecule has 6 nitrogen and oxygen atoms in total. The zero-order valence-corrected chi connectivity index (χ0v) is 17.0. The van der Waals surface area contributed by atoms with Gasteiger partial charge in [-0.2, -0.15) is 0 Å². The number of ether oxygens (including phenoxy) is 1. The third-order valence-corrected chi connectivity index (χ3v) is 6.99. The van der Waals surface area contributed by atoms with Gasteiger partial charge >= 0.3 is 7.12 Å². The highest BCUT2D eigenvalue weighted by Gasteiger charge is 2.49. The van der Waals surface area contributed by atoms with Crippen LogP contribution in [-0.4, -0.2) is 55.3 Å². The van der Waals surface area contributed by atoms with E-state index in [9.17, 15) is 14.8 Å². The van der Waals surface area contributed by atoms with Crippen molar-refractivity contribution in [1.29, 1.82) is 0 Å². The smallest absolute Gasteiger partial charge is 0.426 e. The molecule has 0 aromatic heterocycles. The van der Waals surface area contributed by atoms with Crippen LogP contribution in [0, 0.1) is 0 Å². The van der Waals surface area contributed by atoms with Crippen molar-refractivity contribution in [2.45, 2.75) is 68.3 Å². The quantitative estimate of drug-likeness (QED) is 0.383. The van der Waals surface area contributed by atoms with E-state index in [1.54, 1.807) is 0 Å². The van der Waals surface area contributed by atoms with Crippen molar-refractivity contribution < 1.29 is 19.6 Å². The van der Waals surface area contributed by atoms with Crippen LogP contribution in [0.3, 0.4) is 0 Å². The van der Waals surface area contributed by atoms with Crippen LogP contribution in [0.1, 0.15) is 67.3 Å². The number of carbonyl (C=O) groups is 1. The van der Waals surface area contributed by atoms with Crippen LogP contribution in [0.25, 0.3) is 0 Å². The SMILES string of the molecule is CNCCCC(NC(=O)c1ccc(C23CCC(OC)(CC2)CC3)cc1)B(O)O. The summed E-state index contributed by atoms with van der Waals surface area (Å²) in [5.74, 6) is -0.935. The minimum Gasteiger partial charge on any atom is -0.426 e. The van der Waals surface area contributed by atoms with Crippen molar-refractivity contribution in [3.8, 4) is 0 Å². The van der Waals surface area contributed by atoms with E-state index in [2.05, 4.69) is 22.8 Å². The molecule has 4 rings (SSSR count). The number of methoxy groups -OCH3 is 1. The van der Waals surface area contributed by atoms with Crippen molar-refractivity contribution >= 4 is 13.0 Å². The highest BCUT2D eigenvalue weighted by molar-refractivity contribution is 6.43. The Kier molecular flexibility index (Phi) is 6.81. The molecule has 0 spiro atoms. The van der Waals surface area contributed by atoms with Gasteiger partial charge in [-0.25, -0.2) is 0 Å². The van der Waals surface area contributed by atoms with Gasteiger partial charge in [-0.15, -0.1) is 0 Å². The molecule has 0 aliphatic heterocycles. The normalized spacial score (nSPS) is 27.4. The third-order valence-electron chi connectivity index (χ3n) is 6.99. The minimum absolute atomic E-state index is 0.0923. The predicted octanol–water partition coefficient (Wildman–Crippen LogP) is 1.79. The van der Waals surface area contributed by atoms with Gasteiger partial charge in [0.15, 0.2) is 0 Å². The molecule has 0 saturated heterocycles. The average Bonchev–Trinajstić information content (AvgIpc) is 2.74. The number of fused-ring (bicyclic) bond motifs is 3. The molecule has 3 aliphatic carbocycles. The van der Waals surface area contributed by atoms with Gasteiger partial charge in [0.1, 0.15) is 0 Å². The Morgan fingerprint density at radius 2 is 1.75 bits per heavy atom. The maximum atomic E-state index is 12.6. The van der Waals surface area contributed by atoms with Gasteiger partial charge in [0.2, 0.25) is 0 Å². The van der Waals surface area contributed by atoms with E-state index >= 15 is 0 Å². The maximum absolute atomic E-state index is 12.6. The van der Waals surface area contributed by atoms with Crippen molar-refractivity contribution in [2.75, 3.05) is 20.7 Å². The highest BCUT2D eigenvalue weighted by Crippen LogP contribution is 2.54. The zero-order chi connectivity index (χ0) is 20.2. The molecule has 28 heavy (non-hydrogen) atoms. The third kappa shape index (κ3) is 4.43. The van der Waals surface area contributed by atoms with Gasteiger partial charge in [-0.1, -0.05) is 12.1 Å². The number of nitrogens with one attached hydrogen (secondary N) is 2. The molecule has 3 fully saturated rings. The molecular formula is C21H33BN2O4. The van der Waals surface area contributed by atoms with Gasteiger partial charge in [-0.05, 0) is 88.1 Å². The second-order valence-corrected chi connectivity index (χ2v) is 8.48. The van der Waals surface area contributed by atoms with Crippen LogP contribution in [0.5, 0.6) is 0 Å². The molecule has 1 aromatic rings. The lowest BCUT2D eigenvalue weighted by Crippen LogP contribution is -2.49. The Balaban J connectivity index is 1.63. The summed E-state index contributed by atoms with van der Waals surface area (Å²) in [6.07, 6.45) is 7.98. The first kappa shape index (κ1) is 21.3. The van der Waals surface area contributed by atoms with Crippen molar-refractivity contribution in [2.24, 2.45) is 0 Å². The van der Waals surface area contributed by atoms with Crippen molar-refractivity contribution in [3.05, 3.63) is 35.4 Å². The fourth-order valence-corrected chi connectivity index (χ4v) is 4.91. The topological polar surface area (TPSA) is 90.8 Å². The van der Waals surface area contributed by atoms with E-state index < -0.39 is 13.1 Å². The van der Waals surface area contributed by atoms with Crippen LogP contribution in [-0.2, 0) is 10.2 Å². The van der Waals surface area contributed by atoms with Crippen LogP contribution < -0.4 is 10.6 Å². The summed E-state index contributed by atoms with van der Waals surface area (Å²) in [5, 5.41) is 24.9. The minimum atomic E-state index is -1.57. The van der Waals surface area contributed by atoms with Crippen LogP contribution in [0.2, 0.25) is 0 Å². The predicted molar refractivity (Wildman–Crippen MR) is 110 cm³/mol. The number of rotatable bonds is 9. The number of hydrogen-bond donors (Lipinski definition) is 4. The van der Waals surface area contributed by atoms with E-state index in [1.807, 2.05) is 26.3 Å². The molecule has 2 bridgehead atoms. The number of carbonyl (C=O) groups excluding carboxylic acids is 1. The molecule has 0 radical (unpaired) electrons. The summed E-state index contributed by atoms with van der Waals surface area (Å²) in [6.45, 7) is 0.764. The monoisotopic (exact) mass is 388 g/mol. The molecule has 3 aliphatic rings. The van der Waals surface area contributed by atoms with Gasteiger partial charge in [0, 0.05) is 12.7 Å². The van der Waals surface area contributed by atoms with Crippen LogP contribution >= 0.6 is 0 Å². The molecule has 1 aromatic carbocycles. The van der Waals surface area contributed by atoms with Crippen molar-refractivity contribution in [3.63, 3.8) is 0 Å². The summed E-state index contributed by atoms with van der Waals surface area (Å²) < 4.78 is 5.79. The Labute approximate surface area is 168 Å². The van der Waals surface area contributed by atoms with Crippen LogP contribution in [0.15, 0.2) is 24.3 Å². The number of amides is 1. The molecule has 0 heterocycles. The van der Waals surface area contributed by atoms with Gasteiger partial charge in [-0.3, -0.25) is 4.79 Å². The molecular weight excluding hydrogens is 355 g/mol. The van der Waals surface area contributed by atoms with E-state index in [-0.39, 0.29) is 16.9 Å². The van der Waals surface area contributed by atoms with Crippen molar-refractivity contribution in [1.82, 2.24) is 10.6 Å². The Bertz CT molecular complexity index is 640. The largest absolute Gasteiger partial charge is 0.475 e. The molecule has 1 amide bonds. The van der Waals surface area contributed by atoms with Gasteiger partial charge in [0.25, 0.3) is 5.91 Å². The molecule has 1 unspecified atom stereocenters. The lowest BCUT2D eigenvalue weighted by Gasteiger charge is -2.53. The van der Waals surface area contributed by atoms with Gasteiger partial charge < -0.3 is 25.4 Å². The number of benzene rings is 1. The summed E-state index contributed by atoms with van der Waals surface area (Å²) >= 11 is 0. The first-order valence-electron chi connectivity index (χ1n) is 10.4. The van der Waals surface area contributed by atoms with Crippen LogP contribution in [0.4, 0.5) is 0 Å². The second-order valence-electron chi connectivity index (χ2n) is 8.48. The summed E-state index contributed by atoms with van der Waals surface area (Å²) in [6, 6.07) is 7.87. The second kappa shape index (κ2) is 8.95. The van der Waals surface area contributed by atoms with Gasteiger partial charge in [0.05, 0.1) is 11.5 Å². The fourth-order valence-electron chi connectivity index (χ4n) is 4.91. The average molecular weight is 388 g/mol. The molecule has 154 valence electrons. The molecule has 4 N–H and O–H groups in total. The first-order valence-corrected chi connectivity index (χ1v) is 10.4. The maximum Gasteiger partial charge on any atom is 0.475 e. The molecule has 7 heteroatoms. The standard InChI is InChI=1S/C21H33BN2O4/c1-23-15-3-4-18(22(26)27)24-19(25)16-5-7-17(8-6-16)20-9-12-21(28-2,13-10-20)14-11-20/h5-8,18,23,26-27H,3-4,9-15H2,1-2H3,(H,24,25). The zero-order valence-electron chi connectivity index (χ0n) is 17.0. The lowest BCUT2D eigenvalue weighted by atomic mass is 9.56. The van der Waals surface area contributed by atoms with E-state index in [0.717, 1.165) is 51.5 Å². The Hall–Kier alpha value is -1.41. The highest BCUT2D eigenvalue weighted by atomic mass is 16.5. The molecule has 1 atom stereocenters. The lowest BCUT2D eigenvalue weighted by molar-refractivity contribution is -0.0955. The fraction of sp³-hybridized carbons (Fsp3) is 0.667. The van der Waals surface area contributed by atoms with E-state index in [0.29, 0.717) is 12.0 Å². The summed E-state index contributed by atoms with van der Waals surface area (Å²) in [5.41, 5.74) is 2.17. The number of hydrogen-bond acceptors (Lipinski definition) is 5. The van der Waals surface area contributed by atoms with E-state index in [4.69, 9.17) is 4.74 Å². The Morgan fingerprint density at radius 3 is 2.25 bits per heavy atom. The summed E-state index contributed by atoms with van der Waals surface area (Å²) in [7, 11) is 2.11. The molecule has 3 saturated carbocycles. The first-order chi connectivity index (χ1) is 13.4. The summed E-state index contributed by atoms with van der Waals surface area (Å²) in [4.78, 5) is 12.6. The van der Waals surface area contributed by atoms with E-state index in [1.165, 1.54) is 5.56 Å². The Morgan fingerprint density at radius 1 is 1.14 bits per heavy atom.